The topological polar surface area (TPSA) is 58.3 Å². The predicted octanol–water partition coefficient (Wildman–Crippen LogP) is 2.71. The van der Waals surface area contributed by atoms with E-state index in [2.05, 4.69) is 57.3 Å². The Balaban J connectivity index is 1.59. The van der Waals surface area contributed by atoms with Gasteiger partial charge in [-0.1, -0.05) is 36.4 Å². The summed E-state index contributed by atoms with van der Waals surface area (Å²) in [4.78, 5) is 7.15. The smallest absolute Gasteiger partial charge is 0.194 e. The van der Waals surface area contributed by atoms with Gasteiger partial charge in [-0.3, -0.25) is 0 Å². The minimum atomic E-state index is 0.529. The molecular formula is C21H30N6. The summed E-state index contributed by atoms with van der Waals surface area (Å²) >= 11 is 0. The SMILES string of the molecule is C=CCNC(=NCc1nnc(C)n1C)N1CCC(Cc2ccccc2)CC1. The Morgan fingerprint density at radius 1 is 1.26 bits per heavy atom. The molecule has 0 aliphatic carbocycles. The van der Waals surface area contributed by atoms with Crippen molar-refractivity contribution >= 4 is 5.96 Å². The second-order valence-corrected chi connectivity index (χ2v) is 7.15. The molecule has 1 N–H and O–H groups in total. The van der Waals surface area contributed by atoms with E-state index in [9.17, 15) is 0 Å². The van der Waals surface area contributed by atoms with Crippen LogP contribution < -0.4 is 5.32 Å². The van der Waals surface area contributed by atoms with E-state index < -0.39 is 0 Å². The molecule has 1 fully saturated rings. The Labute approximate surface area is 162 Å². The van der Waals surface area contributed by atoms with E-state index in [1.54, 1.807) is 0 Å². The summed E-state index contributed by atoms with van der Waals surface area (Å²) in [5.41, 5.74) is 1.44. The van der Waals surface area contributed by atoms with Crippen LogP contribution in [0.25, 0.3) is 0 Å². The van der Waals surface area contributed by atoms with Gasteiger partial charge in [-0.15, -0.1) is 16.8 Å². The van der Waals surface area contributed by atoms with Gasteiger partial charge >= 0.3 is 0 Å². The van der Waals surface area contributed by atoms with Crippen molar-refractivity contribution in [3.05, 3.63) is 60.2 Å². The highest BCUT2D eigenvalue weighted by Crippen LogP contribution is 2.21. The van der Waals surface area contributed by atoms with E-state index in [1.807, 2.05) is 24.6 Å². The zero-order valence-electron chi connectivity index (χ0n) is 16.4. The van der Waals surface area contributed by atoms with Gasteiger partial charge in [0.25, 0.3) is 0 Å². The number of piperidine rings is 1. The zero-order chi connectivity index (χ0) is 19.1. The fraction of sp³-hybridized carbons (Fsp3) is 0.476. The molecule has 0 spiro atoms. The average Bonchev–Trinajstić information content (AvgIpc) is 3.02. The number of guanidine groups is 1. The van der Waals surface area contributed by atoms with Crippen LogP contribution in [0, 0.1) is 12.8 Å². The molecule has 1 aliphatic heterocycles. The molecule has 6 heteroatoms. The fourth-order valence-corrected chi connectivity index (χ4v) is 3.46. The van der Waals surface area contributed by atoms with Gasteiger partial charge in [0.05, 0.1) is 0 Å². The monoisotopic (exact) mass is 366 g/mol. The number of hydrogen-bond donors (Lipinski definition) is 1. The molecule has 2 aromatic rings. The maximum Gasteiger partial charge on any atom is 0.194 e. The van der Waals surface area contributed by atoms with Crippen LogP contribution in [0.15, 0.2) is 48.0 Å². The highest BCUT2D eigenvalue weighted by Gasteiger charge is 2.22. The molecule has 27 heavy (non-hydrogen) atoms. The van der Waals surface area contributed by atoms with Crippen LogP contribution in [0.5, 0.6) is 0 Å². The van der Waals surface area contributed by atoms with Gasteiger partial charge < -0.3 is 14.8 Å². The van der Waals surface area contributed by atoms with Crippen molar-refractivity contribution in [2.45, 2.75) is 32.7 Å². The van der Waals surface area contributed by atoms with E-state index >= 15 is 0 Å². The molecule has 0 amide bonds. The Hall–Kier alpha value is -2.63. The van der Waals surface area contributed by atoms with E-state index in [-0.39, 0.29) is 0 Å². The average molecular weight is 367 g/mol. The Morgan fingerprint density at radius 3 is 2.63 bits per heavy atom. The number of aliphatic imine (C=N–C) groups is 1. The summed E-state index contributed by atoms with van der Waals surface area (Å²) in [6.45, 7) is 9.05. The zero-order valence-corrected chi connectivity index (χ0v) is 16.4. The first-order valence-electron chi connectivity index (χ1n) is 9.70. The molecular weight excluding hydrogens is 336 g/mol. The standard InChI is InChI=1S/C21H30N6/c1-4-12-22-21(23-16-20-25-24-17(2)26(20)3)27-13-10-19(11-14-27)15-18-8-6-5-7-9-18/h4-9,19H,1,10-16H2,2-3H3,(H,22,23). The van der Waals surface area contributed by atoms with Gasteiger partial charge in [0.2, 0.25) is 0 Å². The number of aromatic nitrogens is 3. The van der Waals surface area contributed by atoms with Gasteiger partial charge in [-0.05, 0) is 37.7 Å². The normalized spacial score (nSPS) is 15.8. The first-order chi connectivity index (χ1) is 13.2. The number of rotatable bonds is 6. The third-order valence-electron chi connectivity index (χ3n) is 5.24. The molecule has 0 atom stereocenters. The fourth-order valence-electron chi connectivity index (χ4n) is 3.46. The first-order valence-corrected chi connectivity index (χ1v) is 9.70. The summed E-state index contributed by atoms with van der Waals surface area (Å²) in [5, 5.41) is 11.7. The van der Waals surface area contributed by atoms with Crippen molar-refractivity contribution in [2.24, 2.45) is 18.0 Å². The molecule has 0 unspecified atom stereocenters. The van der Waals surface area contributed by atoms with Crippen LogP contribution in [0.2, 0.25) is 0 Å². The molecule has 1 aliphatic rings. The molecule has 6 nitrogen and oxygen atoms in total. The highest BCUT2D eigenvalue weighted by molar-refractivity contribution is 5.80. The van der Waals surface area contributed by atoms with E-state index in [0.717, 1.165) is 36.6 Å². The van der Waals surface area contributed by atoms with Gasteiger partial charge in [0.15, 0.2) is 11.8 Å². The van der Waals surface area contributed by atoms with Gasteiger partial charge in [0.1, 0.15) is 12.4 Å². The first kappa shape index (κ1) is 19.1. The Kier molecular flexibility index (Phi) is 6.63. The summed E-state index contributed by atoms with van der Waals surface area (Å²) in [6, 6.07) is 10.8. The molecule has 1 aromatic heterocycles. The second-order valence-electron chi connectivity index (χ2n) is 7.15. The van der Waals surface area contributed by atoms with Crippen molar-refractivity contribution in [3.8, 4) is 0 Å². The lowest BCUT2D eigenvalue weighted by atomic mass is 9.90. The van der Waals surface area contributed by atoms with Crippen LogP contribution >= 0.6 is 0 Å². The second kappa shape index (κ2) is 9.35. The van der Waals surface area contributed by atoms with E-state index in [1.165, 1.54) is 24.8 Å². The molecule has 0 bridgehead atoms. The van der Waals surface area contributed by atoms with Crippen molar-refractivity contribution in [3.63, 3.8) is 0 Å². The summed E-state index contributed by atoms with van der Waals surface area (Å²) < 4.78 is 1.99. The maximum atomic E-state index is 4.80. The van der Waals surface area contributed by atoms with Gasteiger partial charge in [-0.25, -0.2) is 4.99 Å². The quantitative estimate of drug-likeness (QED) is 0.485. The summed E-state index contributed by atoms with van der Waals surface area (Å²) in [6.07, 6.45) is 5.41. The number of aryl methyl sites for hydroxylation is 1. The molecule has 1 aromatic carbocycles. The Bertz CT molecular complexity index is 756. The van der Waals surface area contributed by atoms with Crippen LogP contribution in [0.1, 0.15) is 30.1 Å². The third-order valence-corrected chi connectivity index (χ3v) is 5.24. The van der Waals surface area contributed by atoms with Gasteiger partial charge in [0, 0.05) is 26.7 Å². The van der Waals surface area contributed by atoms with Gasteiger partial charge in [-0.2, -0.15) is 0 Å². The number of nitrogens with zero attached hydrogens (tertiary/aromatic N) is 5. The molecule has 0 radical (unpaired) electrons. The third kappa shape index (κ3) is 5.18. The van der Waals surface area contributed by atoms with Crippen molar-refractivity contribution in [2.75, 3.05) is 19.6 Å². The molecule has 144 valence electrons. The van der Waals surface area contributed by atoms with Crippen LogP contribution in [-0.2, 0) is 20.0 Å². The largest absolute Gasteiger partial charge is 0.353 e. The number of nitrogens with one attached hydrogen (secondary N) is 1. The molecule has 1 saturated heterocycles. The highest BCUT2D eigenvalue weighted by atomic mass is 15.3. The minimum absolute atomic E-state index is 0.529. The molecule has 3 rings (SSSR count). The lowest BCUT2D eigenvalue weighted by molar-refractivity contribution is 0.259. The summed E-state index contributed by atoms with van der Waals surface area (Å²) in [5.74, 6) is 3.46. The maximum absolute atomic E-state index is 4.80. The number of benzene rings is 1. The molecule has 2 heterocycles. The lowest BCUT2D eigenvalue weighted by Crippen LogP contribution is -2.46. The summed E-state index contributed by atoms with van der Waals surface area (Å²) in [7, 11) is 1.98. The van der Waals surface area contributed by atoms with Crippen molar-refractivity contribution < 1.29 is 0 Å². The van der Waals surface area contributed by atoms with Crippen LogP contribution in [-0.4, -0.2) is 45.3 Å². The van der Waals surface area contributed by atoms with E-state index in [4.69, 9.17) is 4.99 Å². The Morgan fingerprint density at radius 2 is 2.00 bits per heavy atom. The van der Waals surface area contributed by atoms with Crippen LogP contribution in [0.4, 0.5) is 0 Å². The van der Waals surface area contributed by atoms with E-state index in [0.29, 0.717) is 13.1 Å². The number of likely N-dealkylation sites (tertiary alicyclic amines) is 1. The molecule has 0 saturated carbocycles. The van der Waals surface area contributed by atoms with Crippen LogP contribution in [0.3, 0.4) is 0 Å². The van der Waals surface area contributed by atoms with Crippen molar-refractivity contribution in [1.29, 1.82) is 0 Å². The van der Waals surface area contributed by atoms with Crippen molar-refractivity contribution in [1.82, 2.24) is 25.0 Å². The lowest BCUT2D eigenvalue weighted by Gasteiger charge is -2.34. The minimum Gasteiger partial charge on any atom is -0.353 e. The number of hydrogen-bond acceptors (Lipinski definition) is 3. The predicted molar refractivity (Wildman–Crippen MR) is 110 cm³/mol.